The summed E-state index contributed by atoms with van der Waals surface area (Å²) in [6.45, 7) is 5.75. The van der Waals surface area contributed by atoms with Gasteiger partial charge in [0.15, 0.2) is 0 Å². The van der Waals surface area contributed by atoms with Gasteiger partial charge in [0.1, 0.15) is 11.6 Å². The molecule has 0 radical (unpaired) electrons. The van der Waals surface area contributed by atoms with Crippen molar-refractivity contribution in [3.05, 3.63) is 65.7 Å². The summed E-state index contributed by atoms with van der Waals surface area (Å²) in [6.07, 6.45) is -0.227. The summed E-state index contributed by atoms with van der Waals surface area (Å²) in [4.78, 5) is 27.0. The molecule has 0 spiro atoms. The fourth-order valence-corrected chi connectivity index (χ4v) is 2.73. The van der Waals surface area contributed by atoms with Gasteiger partial charge in [0.05, 0.1) is 0 Å². The lowest BCUT2D eigenvalue weighted by Crippen LogP contribution is -2.49. The number of hydrogen-bond acceptors (Lipinski definition) is 4. The van der Waals surface area contributed by atoms with Crippen molar-refractivity contribution >= 4 is 17.7 Å². The molecule has 2 amide bonds. The van der Waals surface area contributed by atoms with Gasteiger partial charge in [-0.05, 0) is 44.0 Å². The number of nitrogens with zero attached hydrogens (tertiary/aromatic N) is 1. The second-order valence-corrected chi connectivity index (χ2v) is 8.17. The molecule has 156 valence electrons. The number of ether oxygens (including phenoxy) is 1. The highest BCUT2D eigenvalue weighted by Crippen LogP contribution is 2.12. The highest BCUT2D eigenvalue weighted by molar-refractivity contribution is 5.86. The Morgan fingerprint density at radius 3 is 2.14 bits per heavy atom. The lowest BCUT2D eigenvalue weighted by molar-refractivity contribution is -0.123. The van der Waals surface area contributed by atoms with Crippen LogP contribution in [0.25, 0.3) is 0 Å². The van der Waals surface area contributed by atoms with Gasteiger partial charge < -0.3 is 20.3 Å². The molecule has 0 saturated carbocycles. The van der Waals surface area contributed by atoms with Gasteiger partial charge in [-0.1, -0.05) is 42.5 Å². The van der Waals surface area contributed by atoms with Gasteiger partial charge in [0.2, 0.25) is 5.91 Å². The minimum absolute atomic E-state index is 0.253. The van der Waals surface area contributed by atoms with E-state index in [0.717, 1.165) is 16.8 Å². The number of amides is 2. The molecule has 1 unspecified atom stereocenters. The molecule has 2 rings (SSSR count). The first-order chi connectivity index (χ1) is 13.6. The molecule has 0 aliphatic heterocycles. The Morgan fingerprint density at radius 2 is 1.59 bits per heavy atom. The van der Waals surface area contributed by atoms with Crippen molar-refractivity contribution < 1.29 is 14.3 Å². The molecular weight excluding hydrogens is 366 g/mol. The average Bonchev–Trinajstić information content (AvgIpc) is 2.65. The van der Waals surface area contributed by atoms with Crippen molar-refractivity contribution in [2.75, 3.05) is 19.0 Å². The van der Waals surface area contributed by atoms with E-state index in [9.17, 15) is 9.59 Å². The first kappa shape index (κ1) is 22.3. The Morgan fingerprint density at radius 1 is 0.966 bits per heavy atom. The minimum Gasteiger partial charge on any atom is -0.444 e. The van der Waals surface area contributed by atoms with Gasteiger partial charge in [-0.2, -0.15) is 0 Å². The molecule has 2 N–H and O–H groups in total. The van der Waals surface area contributed by atoms with E-state index in [2.05, 4.69) is 10.6 Å². The SMILES string of the molecule is CN(C)c1ccc(CNC(=O)C(Cc2ccccc2)NC(=O)OC(C)(C)C)cc1. The Bertz CT molecular complexity index is 796. The standard InChI is InChI=1S/C23H31N3O3/c1-23(2,3)29-22(28)25-20(15-17-9-7-6-8-10-17)21(27)24-16-18-11-13-19(14-12-18)26(4)5/h6-14,20H,15-16H2,1-5H3,(H,24,27)(H,25,28). The third-order valence-electron chi connectivity index (χ3n) is 4.21. The zero-order valence-corrected chi connectivity index (χ0v) is 17.9. The summed E-state index contributed by atoms with van der Waals surface area (Å²) in [7, 11) is 3.96. The van der Waals surface area contributed by atoms with Crippen LogP contribution in [-0.4, -0.2) is 37.7 Å². The Balaban J connectivity index is 2.03. The lowest BCUT2D eigenvalue weighted by atomic mass is 10.1. The number of hydrogen-bond donors (Lipinski definition) is 2. The number of carbonyl (C=O) groups excluding carboxylic acids is 2. The van der Waals surface area contributed by atoms with Crippen LogP contribution in [-0.2, 0) is 22.5 Å². The van der Waals surface area contributed by atoms with Crippen LogP contribution in [0.4, 0.5) is 10.5 Å². The lowest BCUT2D eigenvalue weighted by Gasteiger charge is -2.23. The predicted molar refractivity (Wildman–Crippen MR) is 116 cm³/mol. The van der Waals surface area contributed by atoms with Crippen LogP contribution in [0.5, 0.6) is 0 Å². The van der Waals surface area contributed by atoms with Crippen molar-refractivity contribution in [3.63, 3.8) is 0 Å². The van der Waals surface area contributed by atoms with Crippen LogP contribution in [0.15, 0.2) is 54.6 Å². The van der Waals surface area contributed by atoms with Crippen molar-refractivity contribution in [2.45, 2.75) is 45.4 Å². The van der Waals surface area contributed by atoms with E-state index in [1.165, 1.54) is 0 Å². The largest absolute Gasteiger partial charge is 0.444 e. The topological polar surface area (TPSA) is 70.7 Å². The summed E-state index contributed by atoms with van der Waals surface area (Å²) >= 11 is 0. The Hall–Kier alpha value is -3.02. The van der Waals surface area contributed by atoms with Gasteiger partial charge >= 0.3 is 6.09 Å². The molecule has 0 bridgehead atoms. The fraction of sp³-hybridized carbons (Fsp3) is 0.391. The molecule has 6 heteroatoms. The van der Waals surface area contributed by atoms with E-state index >= 15 is 0 Å². The monoisotopic (exact) mass is 397 g/mol. The molecule has 2 aromatic carbocycles. The van der Waals surface area contributed by atoms with Crippen molar-refractivity contribution in [3.8, 4) is 0 Å². The van der Waals surface area contributed by atoms with E-state index < -0.39 is 17.7 Å². The summed E-state index contributed by atoms with van der Waals surface area (Å²) in [5.41, 5.74) is 2.40. The van der Waals surface area contributed by atoms with Crippen molar-refractivity contribution in [1.82, 2.24) is 10.6 Å². The second kappa shape index (κ2) is 9.96. The molecule has 0 aromatic heterocycles. The molecule has 2 aromatic rings. The van der Waals surface area contributed by atoms with Crippen LogP contribution in [0, 0.1) is 0 Å². The van der Waals surface area contributed by atoms with Gasteiger partial charge in [-0.15, -0.1) is 0 Å². The molecule has 6 nitrogen and oxygen atoms in total. The fourth-order valence-electron chi connectivity index (χ4n) is 2.73. The van der Waals surface area contributed by atoms with Crippen molar-refractivity contribution in [2.24, 2.45) is 0 Å². The molecule has 0 saturated heterocycles. The Labute approximate surface area is 173 Å². The van der Waals surface area contributed by atoms with Crippen LogP contribution in [0.2, 0.25) is 0 Å². The second-order valence-electron chi connectivity index (χ2n) is 8.17. The molecule has 0 heterocycles. The quantitative estimate of drug-likeness (QED) is 0.750. The number of alkyl carbamates (subject to hydrolysis) is 1. The molecule has 0 aliphatic rings. The van der Waals surface area contributed by atoms with Gasteiger partial charge in [0.25, 0.3) is 0 Å². The average molecular weight is 398 g/mol. The normalized spacial score (nSPS) is 12.0. The summed E-state index contributed by atoms with van der Waals surface area (Å²) < 4.78 is 5.32. The number of carbonyl (C=O) groups is 2. The zero-order valence-electron chi connectivity index (χ0n) is 17.9. The highest BCUT2D eigenvalue weighted by atomic mass is 16.6. The van der Waals surface area contributed by atoms with Crippen molar-refractivity contribution in [1.29, 1.82) is 0 Å². The van der Waals surface area contributed by atoms with E-state index in [1.807, 2.05) is 73.6 Å². The number of benzene rings is 2. The summed E-state index contributed by atoms with van der Waals surface area (Å²) in [6, 6.07) is 16.8. The maximum Gasteiger partial charge on any atom is 0.408 e. The maximum atomic E-state index is 12.8. The minimum atomic E-state index is -0.728. The van der Waals surface area contributed by atoms with Crippen LogP contribution in [0.1, 0.15) is 31.9 Å². The number of nitrogens with one attached hydrogen (secondary N) is 2. The van der Waals surface area contributed by atoms with Gasteiger partial charge in [-0.3, -0.25) is 4.79 Å². The van der Waals surface area contributed by atoms with Crippen LogP contribution >= 0.6 is 0 Å². The van der Waals surface area contributed by atoms with E-state index in [1.54, 1.807) is 20.8 Å². The smallest absolute Gasteiger partial charge is 0.408 e. The van der Waals surface area contributed by atoms with E-state index in [4.69, 9.17) is 4.74 Å². The molecular formula is C23H31N3O3. The van der Waals surface area contributed by atoms with Crippen LogP contribution < -0.4 is 15.5 Å². The zero-order chi connectivity index (χ0) is 21.4. The van der Waals surface area contributed by atoms with Gasteiger partial charge in [-0.25, -0.2) is 4.79 Å². The molecule has 0 aliphatic carbocycles. The summed E-state index contributed by atoms with van der Waals surface area (Å²) in [5, 5.41) is 5.62. The Kier molecular flexibility index (Phi) is 7.65. The first-order valence-electron chi connectivity index (χ1n) is 9.71. The molecule has 29 heavy (non-hydrogen) atoms. The molecule has 0 fully saturated rings. The van der Waals surface area contributed by atoms with E-state index in [0.29, 0.717) is 13.0 Å². The third-order valence-corrected chi connectivity index (χ3v) is 4.21. The highest BCUT2D eigenvalue weighted by Gasteiger charge is 2.24. The van der Waals surface area contributed by atoms with E-state index in [-0.39, 0.29) is 5.91 Å². The third kappa shape index (κ3) is 7.86. The maximum absolute atomic E-state index is 12.8. The van der Waals surface area contributed by atoms with Crippen LogP contribution in [0.3, 0.4) is 0 Å². The first-order valence-corrected chi connectivity index (χ1v) is 9.71. The predicted octanol–water partition coefficient (Wildman–Crippen LogP) is 3.50. The number of anilines is 1. The summed E-state index contributed by atoms with van der Waals surface area (Å²) in [5.74, 6) is -0.253. The number of rotatable bonds is 7. The van der Waals surface area contributed by atoms with Gasteiger partial charge in [0, 0.05) is 32.7 Å². The molecule has 1 atom stereocenters.